The van der Waals surface area contributed by atoms with Gasteiger partial charge >= 0.3 is 5.97 Å². The Balaban J connectivity index is 1.39. The second kappa shape index (κ2) is 13.8. The molecule has 0 aromatic heterocycles. The molecule has 27 heavy (non-hydrogen) atoms. The highest BCUT2D eigenvalue weighted by molar-refractivity contribution is 5.69. The third kappa shape index (κ3) is 9.95. The van der Waals surface area contributed by atoms with E-state index >= 15 is 0 Å². The molecule has 2 rings (SSSR count). The quantitative estimate of drug-likeness (QED) is 0.303. The molecule has 1 aromatic carbocycles. The molecule has 1 heterocycles. The van der Waals surface area contributed by atoms with Crippen LogP contribution in [0.25, 0.3) is 0 Å². The highest BCUT2D eigenvalue weighted by Crippen LogP contribution is 2.25. The molecule has 0 spiro atoms. The number of unbranched alkanes of at least 4 members (excludes halogenated alkanes) is 7. The number of ether oxygens (including phenoxy) is 2. The van der Waals surface area contributed by atoms with Crippen LogP contribution in [0, 0.1) is 0 Å². The summed E-state index contributed by atoms with van der Waals surface area (Å²) in [6.07, 6.45) is 17.2. The van der Waals surface area contributed by atoms with Crippen LogP contribution in [0.5, 0.6) is 0 Å². The second-order valence-corrected chi connectivity index (χ2v) is 7.94. The van der Waals surface area contributed by atoms with Crippen LogP contribution in [0.2, 0.25) is 0 Å². The molecule has 3 nitrogen and oxygen atoms in total. The van der Waals surface area contributed by atoms with Gasteiger partial charge in [0.2, 0.25) is 0 Å². The van der Waals surface area contributed by atoms with E-state index in [1.807, 2.05) is 0 Å². The summed E-state index contributed by atoms with van der Waals surface area (Å²) in [6, 6.07) is 10.8. The van der Waals surface area contributed by atoms with Crippen LogP contribution in [0.1, 0.15) is 89.0 Å². The number of hydrogen-bond acceptors (Lipinski definition) is 3. The molecular weight excluding hydrogens is 336 g/mol. The van der Waals surface area contributed by atoms with Gasteiger partial charge in [0.1, 0.15) is 0 Å². The molecule has 1 aliphatic heterocycles. The molecule has 3 heteroatoms. The highest BCUT2D eigenvalue weighted by atomic mass is 16.5. The van der Waals surface area contributed by atoms with Crippen molar-refractivity contribution in [3.8, 4) is 0 Å². The molecule has 0 N–H and O–H groups in total. The lowest BCUT2D eigenvalue weighted by molar-refractivity contribution is -0.147. The summed E-state index contributed by atoms with van der Waals surface area (Å²) in [5, 5.41) is 0. The Kier molecular flexibility index (Phi) is 11.2. The summed E-state index contributed by atoms with van der Waals surface area (Å²) in [5.74, 6) is -0.149. The number of hydrogen-bond donors (Lipinski definition) is 0. The zero-order valence-electron chi connectivity index (χ0n) is 17.2. The lowest BCUT2D eigenvalue weighted by Gasteiger charge is -2.29. The predicted octanol–water partition coefficient (Wildman–Crippen LogP) is 6.24. The van der Waals surface area contributed by atoms with Gasteiger partial charge in [-0.1, -0.05) is 75.3 Å². The smallest absolute Gasteiger partial charge is 0.308 e. The Morgan fingerprint density at radius 2 is 1.56 bits per heavy atom. The molecule has 1 fully saturated rings. The molecule has 2 unspecified atom stereocenters. The fourth-order valence-electron chi connectivity index (χ4n) is 4.02. The summed E-state index contributed by atoms with van der Waals surface area (Å²) in [5.41, 5.74) is 1.47. The standard InChI is InChI=1S/C24H38O3/c1-26-24(25)20-23-19-13-18-22(27-23)17-12-7-5-3-2-4-6-9-14-21-15-10-8-11-16-21/h8,10-11,15-16,22-23H,2-7,9,12-14,17-20H2,1H3. The fourth-order valence-corrected chi connectivity index (χ4v) is 4.02. The first kappa shape index (κ1) is 21.9. The van der Waals surface area contributed by atoms with Gasteiger partial charge in [-0.15, -0.1) is 0 Å². The average molecular weight is 375 g/mol. The Bertz CT molecular complexity index is 500. The van der Waals surface area contributed by atoms with Crippen LogP contribution in [-0.2, 0) is 20.7 Å². The van der Waals surface area contributed by atoms with Gasteiger partial charge in [-0.05, 0) is 44.1 Å². The van der Waals surface area contributed by atoms with Gasteiger partial charge in [-0.25, -0.2) is 0 Å². The van der Waals surface area contributed by atoms with E-state index in [0.29, 0.717) is 12.5 Å². The Labute approximate surface area is 165 Å². The molecule has 0 radical (unpaired) electrons. The summed E-state index contributed by atoms with van der Waals surface area (Å²) >= 11 is 0. The van der Waals surface area contributed by atoms with E-state index < -0.39 is 0 Å². The molecule has 0 saturated carbocycles. The van der Waals surface area contributed by atoms with Crippen LogP contribution in [-0.4, -0.2) is 25.3 Å². The van der Waals surface area contributed by atoms with Gasteiger partial charge < -0.3 is 9.47 Å². The van der Waals surface area contributed by atoms with E-state index in [4.69, 9.17) is 9.47 Å². The molecule has 152 valence electrons. The van der Waals surface area contributed by atoms with E-state index in [1.54, 1.807) is 0 Å². The number of rotatable bonds is 13. The third-order valence-electron chi connectivity index (χ3n) is 5.64. The third-order valence-corrected chi connectivity index (χ3v) is 5.64. The number of aryl methyl sites for hydroxylation is 1. The molecule has 1 saturated heterocycles. The largest absolute Gasteiger partial charge is 0.469 e. The van der Waals surface area contributed by atoms with Crippen molar-refractivity contribution in [3.63, 3.8) is 0 Å². The maximum atomic E-state index is 11.4. The normalized spacial score (nSPS) is 19.7. The molecule has 2 atom stereocenters. The van der Waals surface area contributed by atoms with Crippen LogP contribution in [0.15, 0.2) is 30.3 Å². The van der Waals surface area contributed by atoms with Crippen LogP contribution in [0.3, 0.4) is 0 Å². The maximum absolute atomic E-state index is 11.4. The van der Waals surface area contributed by atoms with Crippen LogP contribution < -0.4 is 0 Å². The number of benzene rings is 1. The Hall–Kier alpha value is -1.35. The number of methoxy groups -OCH3 is 1. The van der Waals surface area contributed by atoms with E-state index in [0.717, 1.165) is 19.3 Å². The van der Waals surface area contributed by atoms with Crippen LogP contribution in [0.4, 0.5) is 0 Å². The summed E-state index contributed by atoms with van der Waals surface area (Å²) in [7, 11) is 1.45. The first-order valence-electron chi connectivity index (χ1n) is 11.0. The molecule has 0 bridgehead atoms. The maximum Gasteiger partial charge on any atom is 0.308 e. The van der Waals surface area contributed by atoms with Crippen molar-refractivity contribution < 1.29 is 14.3 Å². The lowest BCUT2D eigenvalue weighted by Crippen LogP contribution is -2.29. The van der Waals surface area contributed by atoms with Crippen molar-refractivity contribution in [1.29, 1.82) is 0 Å². The van der Waals surface area contributed by atoms with Gasteiger partial charge in [-0.3, -0.25) is 4.79 Å². The van der Waals surface area contributed by atoms with Crippen molar-refractivity contribution >= 4 is 5.97 Å². The minimum absolute atomic E-state index is 0.0760. The van der Waals surface area contributed by atoms with E-state index in [-0.39, 0.29) is 12.1 Å². The van der Waals surface area contributed by atoms with Crippen molar-refractivity contribution in [3.05, 3.63) is 35.9 Å². The first-order chi connectivity index (χ1) is 13.3. The van der Waals surface area contributed by atoms with Gasteiger partial charge in [-0.2, -0.15) is 0 Å². The average Bonchev–Trinajstić information content (AvgIpc) is 2.70. The number of carbonyl (C=O) groups excluding carboxylic acids is 1. The molecule has 1 aromatic rings. The van der Waals surface area contributed by atoms with Gasteiger partial charge in [0.05, 0.1) is 25.7 Å². The topological polar surface area (TPSA) is 35.5 Å². The zero-order chi connectivity index (χ0) is 19.2. The number of esters is 1. The van der Waals surface area contributed by atoms with Gasteiger partial charge in [0, 0.05) is 0 Å². The summed E-state index contributed by atoms with van der Waals surface area (Å²) in [4.78, 5) is 11.4. The molecule has 0 amide bonds. The minimum atomic E-state index is -0.149. The predicted molar refractivity (Wildman–Crippen MR) is 111 cm³/mol. The molecule has 1 aliphatic rings. The van der Waals surface area contributed by atoms with Gasteiger partial charge in [0.15, 0.2) is 0 Å². The number of carbonyl (C=O) groups is 1. The Morgan fingerprint density at radius 1 is 0.926 bits per heavy atom. The van der Waals surface area contributed by atoms with Crippen molar-refractivity contribution in [1.82, 2.24) is 0 Å². The summed E-state index contributed by atoms with van der Waals surface area (Å²) < 4.78 is 10.8. The van der Waals surface area contributed by atoms with Crippen LogP contribution >= 0.6 is 0 Å². The Morgan fingerprint density at radius 3 is 2.26 bits per heavy atom. The fraction of sp³-hybridized carbons (Fsp3) is 0.708. The van der Waals surface area contributed by atoms with E-state index in [9.17, 15) is 4.79 Å². The van der Waals surface area contributed by atoms with E-state index in [1.165, 1.54) is 76.9 Å². The minimum Gasteiger partial charge on any atom is -0.469 e. The summed E-state index contributed by atoms with van der Waals surface area (Å²) in [6.45, 7) is 0. The van der Waals surface area contributed by atoms with Crippen molar-refractivity contribution in [2.24, 2.45) is 0 Å². The SMILES string of the molecule is COC(=O)CC1CCCC(CCCCCCCCCCc2ccccc2)O1. The van der Waals surface area contributed by atoms with Gasteiger partial charge in [0.25, 0.3) is 0 Å². The van der Waals surface area contributed by atoms with E-state index in [2.05, 4.69) is 30.3 Å². The first-order valence-corrected chi connectivity index (χ1v) is 11.0. The highest BCUT2D eigenvalue weighted by Gasteiger charge is 2.24. The second-order valence-electron chi connectivity index (χ2n) is 7.94. The zero-order valence-corrected chi connectivity index (χ0v) is 17.2. The monoisotopic (exact) mass is 374 g/mol. The van der Waals surface area contributed by atoms with Crippen molar-refractivity contribution in [2.75, 3.05) is 7.11 Å². The molecular formula is C24H38O3. The van der Waals surface area contributed by atoms with Crippen molar-refractivity contribution in [2.45, 2.75) is 102 Å². The molecule has 0 aliphatic carbocycles. The lowest BCUT2D eigenvalue weighted by atomic mass is 9.97.